The molecule has 2 aromatic carbocycles. The fourth-order valence-electron chi connectivity index (χ4n) is 2.02. The van der Waals surface area contributed by atoms with Gasteiger partial charge in [0, 0.05) is 16.2 Å². The summed E-state index contributed by atoms with van der Waals surface area (Å²) >= 11 is 2.17. The van der Waals surface area contributed by atoms with Crippen LogP contribution in [0.2, 0.25) is 0 Å². The van der Waals surface area contributed by atoms with Crippen LogP contribution in [-0.4, -0.2) is 17.9 Å². The van der Waals surface area contributed by atoms with Crippen molar-refractivity contribution in [2.75, 3.05) is 11.9 Å². The van der Waals surface area contributed by atoms with E-state index in [9.17, 15) is 9.59 Å². The number of fused-ring (bicyclic) bond motifs is 1. The van der Waals surface area contributed by atoms with Crippen LogP contribution in [0.25, 0.3) is 10.9 Å². The summed E-state index contributed by atoms with van der Waals surface area (Å²) in [5, 5.41) is 0.390. The molecule has 1 amide bonds. The molecule has 0 spiro atoms. The second-order valence-electron chi connectivity index (χ2n) is 4.67. The molecule has 0 aliphatic rings. The van der Waals surface area contributed by atoms with Crippen molar-refractivity contribution in [3.63, 3.8) is 0 Å². The molecule has 0 N–H and O–H groups in total. The number of para-hydroxylation sites is 1. The highest BCUT2D eigenvalue weighted by atomic mass is 127. The molecule has 0 saturated carbocycles. The van der Waals surface area contributed by atoms with Crippen molar-refractivity contribution >= 4 is 45.4 Å². The van der Waals surface area contributed by atoms with Crippen LogP contribution in [0, 0.1) is 3.57 Å². The normalized spacial score (nSPS) is 10.6. The van der Waals surface area contributed by atoms with E-state index >= 15 is 0 Å². The van der Waals surface area contributed by atoms with Gasteiger partial charge in [-0.15, -0.1) is 0 Å². The average molecular weight is 406 g/mol. The van der Waals surface area contributed by atoms with Crippen LogP contribution < -0.4 is 10.5 Å². The molecule has 0 aliphatic heterocycles. The number of hydrogen-bond acceptors (Lipinski definition) is 4. The molecule has 0 fully saturated rings. The number of amides is 1. The van der Waals surface area contributed by atoms with Gasteiger partial charge in [-0.3, -0.25) is 9.69 Å². The number of benzene rings is 2. The van der Waals surface area contributed by atoms with Gasteiger partial charge in [0.1, 0.15) is 0 Å². The van der Waals surface area contributed by atoms with E-state index in [1.165, 1.54) is 11.9 Å². The molecule has 0 radical (unpaired) electrons. The maximum atomic E-state index is 12.4. The largest absolute Gasteiger partial charge is 0.388 e. The zero-order valence-corrected chi connectivity index (χ0v) is 13.8. The second kappa shape index (κ2) is 5.88. The Bertz CT molecular complexity index is 903. The number of halogens is 1. The molecule has 0 saturated heterocycles. The third kappa shape index (κ3) is 2.74. The van der Waals surface area contributed by atoms with Crippen LogP contribution in [0.1, 0.15) is 10.4 Å². The molecule has 5 nitrogen and oxygen atoms in total. The maximum Gasteiger partial charge on any atom is 0.348 e. The summed E-state index contributed by atoms with van der Waals surface area (Å²) < 4.78 is 6.19. The summed E-state index contributed by atoms with van der Waals surface area (Å²) in [6.45, 7) is 0. The first-order chi connectivity index (χ1) is 10.6. The lowest BCUT2D eigenvalue weighted by atomic mass is 10.2. The van der Waals surface area contributed by atoms with Gasteiger partial charge < -0.3 is 4.42 Å². The van der Waals surface area contributed by atoms with Gasteiger partial charge >= 0.3 is 11.6 Å². The van der Waals surface area contributed by atoms with Gasteiger partial charge in [-0.1, -0.05) is 12.1 Å². The Kier molecular flexibility index (Phi) is 3.93. The van der Waals surface area contributed by atoms with E-state index in [1.54, 1.807) is 36.4 Å². The summed E-state index contributed by atoms with van der Waals surface area (Å²) in [5.41, 5.74) is 0.486. The molecule has 1 heterocycles. The van der Waals surface area contributed by atoms with Crippen LogP contribution in [0.5, 0.6) is 0 Å². The summed E-state index contributed by atoms with van der Waals surface area (Å²) in [7, 11) is 1.53. The van der Waals surface area contributed by atoms with Crippen molar-refractivity contribution in [3.8, 4) is 0 Å². The SMILES string of the molecule is CN(C(=O)c1ccc(I)cc1)c1nc2ccccc2c(=O)o1. The Hall–Kier alpha value is -2.22. The standard InChI is InChI=1S/C16H11IN2O3/c1-19(14(20)10-6-8-11(17)9-7-10)16-18-13-5-3-2-4-12(13)15(21)22-16/h2-9H,1H3. The van der Waals surface area contributed by atoms with Crippen molar-refractivity contribution in [1.82, 2.24) is 4.98 Å². The van der Waals surface area contributed by atoms with Gasteiger partial charge in [0.15, 0.2) is 0 Å². The first kappa shape index (κ1) is 14.7. The molecule has 0 unspecified atom stereocenters. The Morgan fingerprint density at radius 1 is 1.14 bits per heavy atom. The highest BCUT2D eigenvalue weighted by Crippen LogP contribution is 2.16. The molecule has 1 aromatic heterocycles. The lowest BCUT2D eigenvalue weighted by molar-refractivity contribution is 0.0987. The average Bonchev–Trinajstić information content (AvgIpc) is 2.54. The number of anilines is 1. The van der Waals surface area contributed by atoms with Gasteiger partial charge in [-0.05, 0) is 59.0 Å². The fraction of sp³-hybridized carbons (Fsp3) is 0.0625. The molecule has 3 rings (SSSR count). The minimum absolute atomic E-state index is 0.0211. The Labute approximate surface area is 139 Å². The van der Waals surface area contributed by atoms with Gasteiger partial charge in [-0.25, -0.2) is 4.79 Å². The number of aromatic nitrogens is 1. The maximum absolute atomic E-state index is 12.4. The number of carbonyl (C=O) groups excluding carboxylic acids is 1. The first-order valence-corrected chi connectivity index (χ1v) is 7.57. The Morgan fingerprint density at radius 2 is 1.82 bits per heavy atom. The Morgan fingerprint density at radius 3 is 2.55 bits per heavy atom. The van der Waals surface area contributed by atoms with E-state index in [1.807, 2.05) is 12.1 Å². The van der Waals surface area contributed by atoms with Gasteiger partial charge in [0.25, 0.3) is 5.91 Å². The number of nitrogens with zero attached hydrogens (tertiary/aromatic N) is 2. The molecule has 0 aliphatic carbocycles. The molecule has 22 heavy (non-hydrogen) atoms. The number of rotatable bonds is 2. The Balaban J connectivity index is 2.01. The third-order valence-corrected chi connectivity index (χ3v) is 3.93. The predicted octanol–water partition coefficient (Wildman–Crippen LogP) is 3.07. The van der Waals surface area contributed by atoms with Crippen LogP contribution in [0.4, 0.5) is 6.01 Å². The van der Waals surface area contributed by atoms with E-state index in [4.69, 9.17) is 4.42 Å². The van der Waals surface area contributed by atoms with Gasteiger partial charge in [0.2, 0.25) is 0 Å². The molecule has 0 atom stereocenters. The summed E-state index contributed by atoms with van der Waals surface area (Å²) in [5.74, 6) is -0.290. The molecular formula is C16H11IN2O3. The van der Waals surface area contributed by atoms with E-state index in [0.717, 1.165) is 3.57 Å². The van der Waals surface area contributed by atoms with Crippen LogP contribution in [0.15, 0.2) is 57.7 Å². The third-order valence-electron chi connectivity index (χ3n) is 3.21. The first-order valence-electron chi connectivity index (χ1n) is 6.50. The lowest BCUT2D eigenvalue weighted by Crippen LogP contribution is -2.28. The van der Waals surface area contributed by atoms with Crippen molar-refractivity contribution in [2.24, 2.45) is 0 Å². The highest BCUT2D eigenvalue weighted by Gasteiger charge is 2.18. The second-order valence-corrected chi connectivity index (χ2v) is 5.92. The smallest absolute Gasteiger partial charge is 0.348 e. The van der Waals surface area contributed by atoms with Crippen molar-refractivity contribution in [2.45, 2.75) is 0 Å². The topological polar surface area (TPSA) is 63.4 Å². The zero-order valence-electron chi connectivity index (χ0n) is 11.6. The quantitative estimate of drug-likeness (QED) is 0.614. The molecule has 6 heteroatoms. The van der Waals surface area contributed by atoms with E-state index in [-0.39, 0.29) is 11.9 Å². The summed E-state index contributed by atoms with van der Waals surface area (Å²) in [4.78, 5) is 29.9. The van der Waals surface area contributed by atoms with Crippen molar-refractivity contribution in [1.29, 1.82) is 0 Å². The van der Waals surface area contributed by atoms with Crippen LogP contribution in [-0.2, 0) is 0 Å². The van der Waals surface area contributed by atoms with Gasteiger partial charge in [0.05, 0.1) is 10.9 Å². The molecule has 3 aromatic rings. The number of hydrogen-bond donors (Lipinski definition) is 0. The minimum Gasteiger partial charge on any atom is -0.388 e. The molecule has 110 valence electrons. The zero-order chi connectivity index (χ0) is 15.7. The van der Waals surface area contributed by atoms with E-state index in [0.29, 0.717) is 16.5 Å². The minimum atomic E-state index is -0.511. The molecular weight excluding hydrogens is 395 g/mol. The fourth-order valence-corrected chi connectivity index (χ4v) is 2.38. The summed E-state index contributed by atoms with van der Waals surface area (Å²) in [6, 6.07) is 14.0. The highest BCUT2D eigenvalue weighted by molar-refractivity contribution is 14.1. The monoisotopic (exact) mass is 406 g/mol. The van der Waals surface area contributed by atoms with E-state index < -0.39 is 5.63 Å². The van der Waals surface area contributed by atoms with Crippen molar-refractivity contribution < 1.29 is 9.21 Å². The van der Waals surface area contributed by atoms with Crippen LogP contribution >= 0.6 is 22.6 Å². The summed E-state index contributed by atoms with van der Waals surface area (Å²) in [6.07, 6.45) is 0. The number of carbonyl (C=O) groups is 1. The van der Waals surface area contributed by atoms with E-state index in [2.05, 4.69) is 27.6 Å². The van der Waals surface area contributed by atoms with Gasteiger partial charge in [-0.2, -0.15) is 4.98 Å². The van der Waals surface area contributed by atoms with Crippen molar-refractivity contribution in [3.05, 3.63) is 68.1 Å². The van der Waals surface area contributed by atoms with Crippen LogP contribution in [0.3, 0.4) is 0 Å². The lowest BCUT2D eigenvalue weighted by Gasteiger charge is -2.14. The molecule has 0 bridgehead atoms. The predicted molar refractivity (Wildman–Crippen MR) is 92.2 cm³/mol.